The number of aryl methyl sites for hydroxylation is 1. The molecule has 0 aromatic carbocycles. The van der Waals surface area contributed by atoms with Crippen LogP contribution in [0.25, 0.3) is 0 Å². The van der Waals surface area contributed by atoms with Crippen molar-refractivity contribution in [3.05, 3.63) is 48.0 Å². The number of carbonyl (C=O) groups is 1. The normalized spacial score (nSPS) is 9.94. The number of nitrogens with zero attached hydrogens (tertiary/aromatic N) is 2. The maximum Gasteiger partial charge on any atom is 0.337 e. The molecule has 0 fully saturated rings. The van der Waals surface area contributed by atoms with Crippen molar-refractivity contribution in [1.82, 2.24) is 9.97 Å². The number of hydrogen-bond donors (Lipinski definition) is 2. The highest BCUT2D eigenvalue weighted by Crippen LogP contribution is 2.21. The molecule has 0 amide bonds. The van der Waals surface area contributed by atoms with E-state index in [-0.39, 0.29) is 5.56 Å². The Balaban J connectivity index is 2.37. The van der Waals surface area contributed by atoms with Crippen molar-refractivity contribution >= 4 is 17.3 Å². The molecular weight excluding hydrogens is 218 g/mol. The third-order valence-corrected chi connectivity index (χ3v) is 2.33. The fourth-order valence-corrected chi connectivity index (χ4v) is 1.44. The number of rotatable bonds is 3. The Morgan fingerprint density at radius 2 is 2.12 bits per heavy atom. The van der Waals surface area contributed by atoms with Gasteiger partial charge in [0.25, 0.3) is 0 Å². The van der Waals surface area contributed by atoms with Crippen molar-refractivity contribution in [2.45, 2.75) is 6.92 Å². The van der Waals surface area contributed by atoms with Crippen LogP contribution >= 0.6 is 0 Å². The van der Waals surface area contributed by atoms with E-state index in [0.29, 0.717) is 5.69 Å². The lowest BCUT2D eigenvalue weighted by atomic mass is 10.2. The van der Waals surface area contributed by atoms with Crippen LogP contribution in [0.3, 0.4) is 0 Å². The minimum Gasteiger partial charge on any atom is -0.478 e. The summed E-state index contributed by atoms with van der Waals surface area (Å²) in [6.07, 6.45) is 4.61. The number of aromatic carboxylic acids is 1. The predicted molar refractivity (Wildman–Crippen MR) is 63.5 cm³/mol. The molecule has 5 heteroatoms. The smallest absolute Gasteiger partial charge is 0.337 e. The van der Waals surface area contributed by atoms with Crippen molar-refractivity contribution in [3.63, 3.8) is 0 Å². The highest BCUT2D eigenvalue weighted by atomic mass is 16.4. The van der Waals surface area contributed by atoms with Crippen molar-refractivity contribution < 1.29 is 9.90 Å². The Hall–Kier alpha value is -2.43. The quantitative estimate of drug-likeness (QED) is 0.844. The SMILES string of the molecule is Cc1ncccc1Nc1cnccc1C(=O)O. The summed E-state index contributed by atoms with van der Waals surface area (Å²) in [5.74, 6) is -0.989. The minimum absolute atomic E-state index is 0.184. The van der Waals surface area contributed by atoms with Crippen molar-refractivity contribution in [2.24, 2.45) is 0 Å². The lowest BCUT2D eigenvalue weighted by Gasteiger charge is -2.10. The van der Waals surface area contributed by atoms with Crippen LogP contribution in [0.5, 0.6) is 0 Å². The zero-order valence-corrected chi connectivity index (χ0v) is 9.21. The van der Waals surface area contributed by atoms with Gasteiger partial charge in [-0.1, -0.05) is 0 Å². The molecule has 2 aromatic rings. The first kappa shape index (κ1) is 11.1. The first-order valence-corrected chi connectivity index (χ1v) is 5.04. The Morgan fingerprint density at radius 3 is 2.82 bits per heavy atom. The Morgan fingerprint density at radius 1 is 1.29 bits per heavy atom. The van der Waals surface area contributed by atoms with Gasteiger partial charge in [-0.3, -0.25) is 9.97 Å². The molecule has 0 aliphatic carbocycles. The Kier molecular flexibility index (Phi) is 3.00. The number of hydrogen-bond acceptors (Lipinski definition) is 4. The monoisotopic (exact) mass is 229 g/mol. The number of carboxylic acids is 1. The van der Waals surface area contributed by atoms with E-state index in [2.05, 4.69) is 15.3 Å². The van der Waals surface area contributed by atoms with Crippen LogP contribution in [0.1, 0.15) is 16.1 Å². The molecule has 0 aliphatic rings. The van der Waals surface area contributed by atoms with Gasteiger partial charge in [0.05, 0.1) is 28.8 Å². The lowest BCUT2D eigenvalue weighted by Crippen LogP contribution is -2.04. The molecule has 0 bridgehead atoms. The van der Waals surface area contributed by atoms with E-state index in [1.54, 1.807) is 12.3 Å². The molecule has 0 spiro atoms. The maximum atomic E-state index is 11.0. The minimum atomic E-state index is -0.989. The maximum absolute atomic E-state index is 11.0. The van der Waals surface area contributed by atoms with Gasteiger partial charge in [0.2, 0.25) is 0 Å². The molecule has 2 aromatic heterocycles. The van der Waals surface area contributed by atoms with E-state index in [1.165, 1.54) is 18.5 Å². The first-order chi connectivity index (χ1) is 8.18. The second-order valence-corrected chi connectivity index (χ2v) is 3.49. The number of anilines is 2. The number of carboxylic acid groups (broad SMARTS) is 1. The summed E-state index contributed by atoms with van der Waals surface area (Å²) in [7, 11) is 0. The fourth-order valence-electron chi connectivity index (χ4n) is 1.44. The molecular formula is C12H11N3O2. The first-order valence-electron chi connectivity index (χ1n) is 5.04. The van der Waals surface area contributed by atoms with Crippen LogP contribution in [0.2, 0.25) is 0 Å². The molecule has 0 saturated heterocycles. The fraction of sp³-hybridized carbons (Fsp3) is 0.0833. The number of nitrogens with one attached hydrogen (secondary N) is 1. The summed E-state index contributed by atoms with van der Waals surface area (Å²) in [5, 5.41) is 12.0. The van der Waals surface area contributed by atoms with Crippen molar-refractivity contribution in [3.8, 4) is 0 Å². The molecule has 2 rings (SSSR count). The van der Waals surface area contributed by atoms with Gasteiger partial charge in [0.1, 0.15) is 0 Å². The Bertz CT molecular complexity index is 555. The standard InChI is InChI=1S/C12H11N3O2/c1-8-10(3-2-5-14-8)15-11-7-13-6-4-9(11)12(16)17/h2-7,15H,1H3,(H,16,17). The predicted octanol–water partition coefficient (Wildman–Crippen LogP) is 2.23. The van der Waals surface area contributed by atoms with Gasteiger partial charge in [0.15, 0.2) is 0 Å². The van der Waals surface area contributed by atoms with Crippen LogP contribution < -0.4 is 5.32 Å². The molecule has 0 saturated carbocycles. The molecule has 2 N–H and O–H groups in total. The van der Waals surface area contributed by atoms with Gasteiger partial charge in [-0.05, 0) is 25.1 Å². The van der Waals surface area contributed by atoms with Crippen molar-refractivity contribution in [2.75, 3.05) is 5.32 Å². The van der Waals surface area contributed by atoms with Gasteiger partial charge >= 0.3 is 5.97 Å². The molecule has 17 heavy (non-hydrogen) atoms. The number of aromatic nitrogens is 2. The van der Waals surface area contributed by atoms with E-state index in [1.807, 2.05) is 13.0 Å². The highest BCUT2D eigenvalue weighted by Gasteiger charge is 2.10. The molecule has 0 radical (unpaired) electrons. The van der Waals surface area contributed by atoms with Crippen LogP contribution in [-0.4, -0.2) is 21.0 Å². The van der Waals surface area contributed by atoms with E-state index in [0.717, 1.165) is 11.4 Å². The molecule has 0 atom stereocenters. The summed E-state index contributed by atoms with van der Waals surface area (Å²) >= 11 is 0. The summed E-state index contributed by atoms with van der Waals surface area (Å²) in [6, 6.07) is 5.07. The zero-order chi connectivity index (χ0) is 12.3. The lowest BCUT2D eigenvalue weighted by molar-refractivity contribution is 0.0698. The molecule has 86 valence electrons. The molecule has 0 unspecified atom stereocenters. The van der Waals surface area contributed by atoms with E-state index < -0.39 is 5.97 Å². The third-order valence-electron chi connectivity index (χ3n) is 2.33. The second-order valence-electron chi connectivity index (χ2n) is 3.49. The van der Waals surface area contributed by atoms with Crippen LogP contribution in [0.15, 0.2) is 36.8 Å². The average molecular weight is 229 g/mol. The Labute approximate surface area is 98.2 Å². The van der Waals surface area contributed by atoms with E-state index >= 15 is 0 Å². The van der Waals surface area contributed by atoms with Gasteiger partial charge in [-0.15, -0.1) is 0 Å². The number of pyridine rings is 2. The molecule has 2 heterocycles. The summed E-state index contributed by atoms with van der Waals surface area (Å²) in [6.45, 7) is 1.85. The van der Waals surface area contributed by atoms with Crippen LogP contribution in [-0.2, 0) is 0 Å². The summed E-state index contributed by atoms with van der Waals surface area (Å²) < 4.78 is 0. The molecule has 0 aliphatic heterocycles. The summed E-state index contributed by atoms with van der Waals surface area (Å²) in [4.78, 5) is 19.0. The topological polar surface area (TPSA) is 75.1 Å². The van der Waals surface area contributed by atoms with E-state index in [4.69, 9.17) is 5.11 Å². The zero-order valence-electron chi connectivity index (χ0n) is 9.21. The van der Waals surface area contributed by atoms with E-state index in [9.17, 15) is 4.79 Å². The van der Waals surface area contributed by atoms with Gasteiger partial charge in [-0.2, -0.15) is 0 Å². The molecule has 5 nitrogen and oxygen atoms in total. The third kappa shape index (κ3) is 2.39. The van der Waals surface area contributed by atoms with Crippen LogP contribution in [0, 0.1) is 6.92 Å². The van der Waals surface area contributed by atoms with Gasteiger partial charge in [-0.25, -0.2) is 4.79 Å². The van der Waals surface area contributed by atoms with Crippen molar-refractivity contribution in [1.29, 1.82) is 0 Å². The van der Waals surface area contributed by atoms with Gasteiger partial charge in [0, 0.05) is 12.4 Å². The van der Waals surface area contributed by atoms with Gasteiger partial charge < -0.3 is 10.4 Å². The average Bonchev–Trinajstić information content (AvgIpc) is 2.32. The van der Waals surface area contributed by atoms with Crippen LogP contribution in [0.4, 0.5) is 11.4 Å². The second kappa shape index (κ2) is 4.61. The highest BCUT2D eigenvalue weighted by molar-refractivity contribution is 5.94. The summed E-state index contributed by atoms with van der Waals surface area (Å²) in [5.41, 5.74) is 2.20. The largest absolute Gasteiger partial charge is 0.478 e.